The number of carbonyl (C=O) groups excluding carboxylic acids is 2. The molecule has 0 saturated carbocycles. The van der Waals surface area contributed by atoms with E-state index in [0.29, 0.717) is 28.6 Å². The molecule has 236 valence electrons. The van der Waals surface area contributed by atoms with Crippen LogP contribution in [0.5, 0.6) is 0 Å². The average molecular weight is 628 g/mol. The molecule has 5 saturated heterocycles. The van der Waals surface area contributed by atoms with Gasteiger partial charge in [0.25, 0.3) is 0 Å². The van der Waals surface area contributed by atoms with Gasteiger partial charge in [0.1, 0.15) is 17.2 Å². The van der Waals surface area contributed by atoms with Crippen LogP contribution in [0.15, 0.2) is 47.6 Å². The molecule has 5 fully saturated rings. The molecule has 9 nitrogen and oxygen atoms in total. The molecule has 1 N–H and O–H groups in total. The smallest absolute Gasteiger partial charge is 0.227 e. The van der Waals surface area contributed by atoms with Crippen LogP contribution in [0.2, 0.25) is 0 Å². The first kappa shape index (κ1) is 30.7. The van der Waals surface area contributed by atoms with E-state index in [1.165, 1.54) is 44.1 Å². The van der Waals surface area contributed by atoms with Gasteiger partial charge in [-0.3, -0.25) is 9.59 Å². The number of imidazole rings is 1. The Balaban J connectivity index is 0.000000165. The van der Waals surface area contributed by atoms with Gasteiger partial charge in [-0.25, -0.2) is 13.8 Å². The molecule has 0 atom stereocenters. The predicted molar refractivity (Wildman–Crippen MR) is 165 cm³/mol. The van der Waals surface area contributed by atoms with Crippen molar-refractivity contribution in [1.82, 2.24) is 34.5 Å². The van der Waals surface area contributed by atoms with Crippen molar-refractivity contribution < 1.29 is 18.4 Å². The van der Waals surface area contributed by atoms with E-state index in [-0.39, 0.29) is 24.0 Å². The zero-order valence-electron chi connectivity index (χ0n) is 24.9. The summed E-state index contributed by atoms with van der Waals surface area (Å²) in [5, 5.41) is 3.40. The number of allylic oxidation sites excluding steroid dienone is 1. The van der Waals surface area contributed by atoms with E-state index in [1.54, 1.807) is 6.07 Å². The molecule has 12 heteroatoms. The van der Waals surface area contributed by atoms with Crippen molar-refractivity contribution in [3.8, 4) is 11.3 Å². The quantitative estimate of drug-likeness (QED) is 0.354. The van der Waals surface area contributed by atoms with Crippen LogP contribution in [0, 0.1) is 11.6 Å². The second-order valence-electron chi connectivity index (χ2n) is 12.3. The number of halogens is 3. The van der Waals surface area contributed by atoms with Crippen molar-refractivity contribution >= 4 is 24.0 Å². The van der Waals surface area contributed by atoms with Gasteiger partial charge in [-0.2, -0.15) is 0 Å². The van der Waals surface area contributed by atoms with Crippen molar-refractivity contribution in [3.63, 3.8) is 0 Å². The molecular formula is C32H40ClF2N7O2. The summed E-state index contributed by atoms with van der Waals surface area (Å²) >= 11 is 0. The van der Waals surface area contributed by atoms with Gasteiger partial charge in [-0.05, 0) is 70.1 Å². The summed E-state index contributed by atoms with van der Waals surface area (Å²) in [5.41, 5.74) is 3.26. The van der Waals surface area contributed by atoms with Crippen molar-refractivity contribution in [2.75, 3.05) is 72.0 Å². The Bertz CT molecular complexity index is 1470. The molecule has 0 spiro atoms. The Labute approximate surface area is 263 Å². The van der Waals surface area contributed by atoms with Gasteiger partial charge in [0, 0.05) is 76.1 Å². The Kier molecular flexibility index (Phi) is 9.07. The van der Waals surface area contributed by atoms with E-state index in [1.807, 2.05) is 20.9 Å². The van der Waals surface area contributed by atoms with Crippen molar-refractivity contribution in [2.45, 2.75) is 38.1 Å². The Hall–Kier alpha value is -3.28. The number of Topliss-reactive ketones (excluding diaryl/α,β-unsaturated/α-hetero) is 1. The number of carbonyl (C=O) groups is 2. The fraction of sp³-hybridized carbons (Fsp3) is 0.531. The number of rotatable bonds is 8. The number of nitrogens with zero attached hydrogens (tertiary/aromatic N) is 6. The van der Waals surface area contributed by atoms with Crippen LogP contribution in [0.25, 0.3) is 11.3 Å². The Morgan fingerprint density at radius 1 is 0.818 bits per heavy atom. The maximum Gasteiger partial charge on any atom is 0.227 e. The van der Waals surface area contributed by atoms with Gasteiger partial charge in [0.05, 0.1) is 11.4 Å². The third-order valence-electron chi connectivity index (χ3n) is 9.07. The molecule has 5 aliphatic heterocycles. The lowest BCUT2D eigenvalue weighted by Crippen LogP contribution is -2.29. The van der Waals surface area contributed by atoms with Crippen LogP contribution in [0.1, 0.15) is 37.4 Å². The molecule has 0 bridgehead atoms. The first-order valence-corrected chi connectivity index (χ1v) is 15.7. The standard InChI is InChI=1S/C20H26F2N4.C12H13N3O2.ClH/c21-17-4-3-16(13-18(17)22)19-14-26(12-11-25-9-1-2-10-25)20(24-19)15-5-7-23-8-6-15;16-9-7-8(13-1-2-13)12(17)11(15-5-6-15)10(9)14-3-4-14;/h3-4,13-15,23H,1-2,5-12H2;7H,1-6H2;1H. The minimum atomic E-state index is -0.822. The normalized spacial score (nSPS) is 21.7. The monoisotopic (exact) mass is 627 g/mol. The topological polar surface area (TPSA) is 76.3 Å². The lowest BCUT2D eigenvalue weighted by atomic mass is 9.97. The van der Waals surface area contributed by atoms with Crippen LogP contribution >= 0.6 is 12.4 Å². The molecular weight excluding hydrogens is 588 g/mol. The molecule has 1 aliphatic carbocycles. The summed E-state index contributed by atoms with van der Waals surface area (Å²) in [6, 6.07) is 4.03. The van der Waals surface area contributed by atoms with Crippen LogP contribution in [-0.2, 0) is 16.1 Å². The van der Waals surface area contributed by atoms with E-state index in [9.17, 15) is 18.4 Å². The Morgan fingerprint density at radius 2 is 1.48 bits per heavy atom. The first-order chi connectivity index (χ1) is 21.0. The zero-order chi connectivity index (χ0) is 29.5. The zero-order valence-corrected chi connectivity index (χ0v) is 25.8. The summed E-state index contributed by atoms with van der Waals surface area (Å²) < 4.78 is 29.2. The maximum atomic E-state index is 13.7. The van der Waals surface area contributed by atoms with Gasteiger partial charge >= 0.3 is 0 Å². The molecule has 44 heavy (non-hydrogen) atoms. The second-order valence-corrected chi connectivity index (χ2v) is 12.3. The lowest BCUT2D eigenvalue weighted by Gasteiger charge is -2.24. The summed E-state index contributed by atoms with van der Waals surface area (Å²) in [6.07, 6.45) is 8.24. The first-order valence-electron chi connectivity index (χ1n) is 15.7. The highest BCUT2D eigenvalue weighted by Gasteiger charge is 2.43. The van der Waals surface area contributed by atoms with E-state index in [0.717, 1.165) is 89.8 Å². The number of nitrogens with one attached hydrogen (secondary N) is 1. The fourth-order valence-electron chi connectivity index (χ4n) is 6.34. The number of aromatic nitrogens is 2. The van der Waals surface area contributed by atoms with E-state index < -0.39 is 11.6 Å². The van der Waals surface area contributed by atoms with Crippen molar-refractivity contribution in [1.29, 1.82) is 0 Å². The van der Waals surface area contributed by atoms with Gasteiger partial charge < -0.3 is 29.5 Å². The van der Waals surface area contributed by atoms with Gasteiger partial charge in [-0.1, -0.05) is 0 Å². The SMILES string of the molecule is Cl.Fc1ccc(-c2cn(CCN3CCCC3)c(C3CCNCC3)n2)cc1F.O=C1C=C(N2CC2)C(=O)C(N2CC2)=C1N1CC1. The van der Waals surface area contributed by atoms with Gasteiger partial charge in [-0.15, -0.1) is 12.4 Å². The third-order valence-corrected chi connectivity index (χ3v) is 9.07. The van der Waals surface area contributed by atoms with Gasteiger partial charge in [0.2, 0.25) is 11.6 Å². The predicted octanol–water partition coefficient (Wildman–Crippen LogP) is 2.99. The van der Waals surface area contributed by atoms with Gasteiger partial charge in [0.15, 0.2) is 11.6 Å². The number of hydrogen-bond donors (Lipinski definition) is 1. The van der Waals surface area contributed by atoms with Crippen molar-refractivity contribution in [2.24, 2.45) is 0 Å². The highest BCUT2D eigenvalue weighted by atomic mass is 35.5. The van der Waals surface area contributed by atoms with Crippen LogP contribution in [0.3, 0.4) is 0 Å². The van der Waals surface area contributed by atoms with Crippen LogP contribution < -0.4 is 5.32 Å². The molecule has 0 amide bonds. The largest absolute Gasteiger partial charge is 0.365 e. The number of ketones is 2. The molecule has 6 heterocycles. The maximum absolute atomic E-state index is 13.7. The molecule has 2 aromatic rings. The average Bonchev–Trinajstić information content (AvgIpc) is 3.93. The number of benzene rings is 1. The van der Waals surface area contributed by atoms with E-state index >= 15 is 0 Å². The van der Waals surface area contributed by atoms with Crippen LogP contribution in [-0.4, -0.2) is 113 Å². The highest BCUT2D eigenvalue weighted by Crippen LogP contribution is 2.34. The molecule has 0 radical (unpaired) electrons. The second kappa shape index (κ2) is 13.0. The summed E-state index contributed by atoms with van der Waals surface area (Å²) in [7, 11) is 0. The fourth-order valence-corrected chi connectivity index (χ4v) is 6.34. The minimum Gasteiger partial charge on any atom is -0.365 e. The minimum absolute atomic E-state index is 0. The molecule has 1 aromatic carbocycles. The summed E-state index contributed by atoms with van der Waals surface area (Å²) in [4.78, 5) is 37.8. The van der Waals surface area contributed by atoms with E-state index in [2.05, 4.69) is 14.8 Å². The van der Waals surface area contributed by atoms with E-state index in [4.69, 9.17) is 4.98 Å². The lowest BCUT2D eigenvalue weighted by molar-refractivity contribution is -0.117. The molecule has 0 unspecified atom stereocenters. The van der Waals surface area contributed by atoms with Crippen molar-refractivity contribution in [3.05, 3.63) is 65.0 Å². The third kappa shape index (κ3) is 6.69. The number of hydrogen-bond acceptors (Lipinski definition) is 8. The van der Waals surface area contributed by atoms with Crippen LogP contribution in [0.4, 0.5) is 8.78 Å². The molecule has 6 aliphatic rings. The molecule has 8 rings (SSSR count). The number of piperidine rings is 1. The number of likely N-dealkylation sites (tertiary alicyclic amines) is 1. The summed E-state index contributed by atoms with van der Waals surface area (Å²) in [5.74, 6) is -0.0787. The molecule has 1 aromatic heterocycles. The highest BCUT2D eigenvalue weighted by molar-refractivity contribution is 6.22. The Morgan fingerprint density at radius 3 is 2.11 bits per heavy atom. The summed E-state index contributed by atoms with van der Waals surface area (Å²) in [6.45, 7) is 11.7.